The number of ketones is 1. The van der Waals surface area contributed by atoms with Gasteiger partial charge in [0.2, 0.25) is 0 Å². The Bertz CT molecular complexity index is 410. The Morgan fingerprint density at radius 3 is 2.27 bits per heavy atom. The second-order valence-electron chi connectivity index (χ2n) is 3.20. The van der Waals surface area contributed by atoms with Crippen LogP contribution in [-0.4, -0.2) is 5.78 Å². The number of hydrogen-bond donors (Lipinski definition) is 0. The minimum absolute atomic E-state index is 0.0436. The van der Waals surface area contributed by atoms with E-state index in [1.807, 2.05) is 0 Å². The molecule has 1 nitrogen and oxygen atoms in total. The normalized spacial score (nSPS) is 11.6. The zero-order valence-corrected chi connectivity index (χ0v) is 9.66. The van der Waals surface area contributed by atoms with Gasteiger partial charge in [0.25, 0.3) is 0 Å². The average Bonchev–Trinajstić information content (AvgIpc) is 1.99. The molecule has 0 spiro atoms. The molecule has 0 aliphatic carbocycles. The highest BCUT2D eigenvalue weighted by Crippen LogP contribution is 2.36. The van der Waals surface area contributed by atoms with Crippen molar-refractivity contribution in [3.8, 4) is 0 Å². The maximum Gasteiger partial charge on any atom is 0.417 e. The van der Waals surface area contributed by atoms with Gasteiger partial charge in [-0.3, -0.25) is 4.79 Å². The van der Waals surface area contributed by atoms with Crippen LogP contribution in [0.25, 0.3) is 0 Å². The summed E-state index contributed by atoms with van der Waals surface area (Å²) < 4.78 is 38.4. The Morgan fingerprint density at radius 2 is 1.87 bits per heavy atom. The molecule has 0 N–H and O–H groups in total. The molecule has 0 fully saturated rings. The van der Waals surface area contributed by atoms with Crippen molar-refractivity contribution < 1.29 is 18.0 Å². The first kappa shape index (κ1) is 12.2. The number of aryl methyl sites for hydroxylation is 1. The predicted octanol–water partition coefficient (Wildman–Crippen LogP) is 3.98. The molecule has 1 aromatic carbocycles. The van der Waals surface area contributed by atoms with Crippen LogP contribution in [0.4, 0.5) is 13.2 Å². The number of rotatable bonds is 1. The fourth-order valence-electron chi connectivity index (χ4n) is 1.40. The molecule has 0 bridgehead atoms. The van der Waals surface area contributed by atoms with Gasteiger partial charge in [-0.1, -0.05) is 15.9 Å². The minimum Gasteiger partial charge on any atom is -0.294 e. The molecule has 0 aliphatic heterocycles. The van der Waals surface area contributed by atoms with E-state index in [-0.39, 0.29) is 11.1 Å². The van der Waals surface area contributed by atoms with Crippen LogP contribution in [0, 0.1) is 6.92 Å². The number of benzene rings is 1. The lowest BCUT2D eigenvalue weighted by Crippen LogP contribution is -2.13. The summed E-state index contributed by atoms with van der Waals surface area (Å²) in [6.45, 7) is 2.45. The molecule has 0 saturated carbocycles. The molecule has 0 aromatic heterocycles. The molecule has 5 heteroatoms. The van der Waals surface area contributed by atoms with E-state index >= 15 is 0 Å². The largest absolute Gasteiger partial charge is 0.417 e. The third-order valence-corrected chi connectivity index (χ3v) is 2.42. The first-order chi connectivity index (χ1) is 6.73. The van der Waals surface area contributed by atoms with Gasteiger partial charge in [-0.05, 0) is 31.5 Å². The van der Waals surface area contributed by atoms with Gasteiger partial charge in [0.05, 0.1) is 5.56 Å². The van der Waals surface area contributed by atoms with E-state index in [9.17, 15) is 18.0 Å². The molecule has 15 heavy (non-hydrogen) atoms. The second-order valence-corrected chi connectivity index (χ2v) is 4.11. The molecule has 0 radical (unpaired) electrons. The molecule has 0 aliphatic rings. The van der Waals surface area contributed by atoms with Gasteiger partial charge in [-0.25, -0.2) is 0 Å². The van der Waals surface area contributed by atoms with Crippen molar-refractivity contribution in [3.05, 3.63) is 33.3 Å². The van der Waals surface area contributed by atoms with E-state index in [1.54, 1.807) is 0 Å². The van der Waals surface area contributed by atoms with Crippen molar-refractivity contribution in [1.82, 2.24) is 0 Å². The monoisotopic (exact) mass is 280 g/mol. The molecule has 1 rings (SSSR count). The van der Waals surface area contributed by atoms with E-state index in [2.05, 4.69) is 15.9 Å². The molecule has 0 atom stereocenters. The molecular weight excluding hydrogens is 273 g/mol. The van der Waals surface area contributed by atoms with Crippen LogP contribution in [0.15, 0.2) is 16.6 Å². The number of carbonyl (C=O) groups is 1. The molecule has 0 saturated heterocycles. The van der Waals surface area contributed by atoms with Gasteiger partial charge in [-0.2, -0.15) is 13.2 Å². The highest BCUT2D eigenvalue weighted by atomic mass is 79.9. The fourth-order valence-corrected chi connectivity index (χ4v) is 1.97. The van der Waals surface area contributed by atoms with Crippen LogP contribution in [0.3, 0.4) is 0 Å². The van der Waals surface area contributed by atoms with Crippen molar-refractivity contribution in [2.75, 3.05) is 0 Å². The molecule has 1 aromatic rings. The zero-order chi connectivity index (χ0) is 11.8. The third-order valence-electron chi connectivity index (χ3n) is 1.96. The summed E-state index contributed by atoms with van der Waals surface area (Å²) >= 11 is 3.06. The third kappa shape index (κ3) is 2.59. The van der Waals surface area contributed by atoms with E-state index in [4.69, 9.17) is 0 Å². The van der Waals surface area contributed by atoms with Gasteiger partial charge < -0.3 is 0 Å². The number of alkyl halides is 3. The van der Waals surface area contributed by atoms with Crippen molar-refractivity contribution in [2.45, 2.75) is 20.0 Å². The average molecular weight is 281 g/mol. The van der Waals surface area contributed by atoms with Gasteiger partial charge in [-0.15, -0.1) is 0 Å². The van der Waals surface area contributed by atoms with Gasteiger partial charge in [0.1, 0.15) is 0 Å². The summed E-state index contributed by atoms with van der Waals surface area (Å²) in [5, 5.41) is 0. The summed E-state index contributed by atoms with van der Waals surface area (Å²) in [6.07, 6.45) is -4.49. The zero-order valence-electron chi connectivity index (χ0n) is 8.07. The molecule has 82 valence electrons. The Labute approximate surface area is 93.4 Å². The molecule has 0 heterocycles. The lowest BCUT2D eigenvalue weighted by atomic mass is 9.99. The highest BCUT2D eigenvalue weighted by Gasteiger charge is 2.36. The van der Waals surface area contributed by atoms with Crippen LogP contribution in [-0.2, 0) is 6.18 Å². The van der Waals surface area contributed by atoms with E-state index in [0.717, 1.165) is 6.92 Å². The van der Waals surface area contributed by atoms with Gasteiger partial charge >= 0.3 is 6.18 Å². The predicted molar refractivity (Wildman–Crippen MR) is 53.9 cm³/mol. The minimum atomic E-state index is -4.49. The van der Waals surface area contributed by atoms with Crippen LogP contribution < -0.4 is 0 Å². The molecule has 0 amide bonds. The van der Waals surface area contributed by atoms with Crippen molar-refractivity contribution >= 4 is 21.7 Å². The second kappa shape index (κ2) is 3.96. The van der Waals surface area contributed by atoms with Crippen LogP contribution >= 0.6 is 15.9 Å². The van der Waals surface area contributed by atoms with Gasteiger partial charge in [0.15, 0.2) is 5.78 Å². The molecule has 0 unspecified atom stereocenters. The van der Waals surface area contributed by atoms with Crippen molar-refractivity contribution in [3.63, 3.8) is 0 Å². The van der Waals surface area contributed by atoms with E-state index < -0.39 is 17.5 Å². The summed E-state index contributed by atoms with van der Waals surface area (Å²) in [7, 11) is 0. The fraction of sp³-hybridized carbons (Fsp3) is 0.300. The summed E-state index contributed by atoms with van der Waals surface area (Å²) in [6, 6.07) is 2.54. The Balaban J connectivity index is 3.55. The standard InChI is InChI=1S/C10H8BrF3O/c1-5-3-7(11)4-8(6(2)15)9(5)10(12,13)14/h3-4H,1-2H3. The molecular formula is C10H8BrF3O. The summed E-state index contributed by atoms with van der Waals surface area (Å²) in [5.74, 6) is -0.591. The number of carbonyl (C=O) groups excluding carboxylic acids is 1. The quantitative estimate of drug-likeness (QED) is 0.711. The van der Waals surface area contributed by atoms with Crippen molar-refractivity contribution in [1.29, 1.82) is 0 Å². The van der Waals surface area contributed by atoms with Crippen LogP contribution in [0.2, 0.25) is 0 Å². The van der Waals surface area contributed by atoms with E-state index in [0.29, 0.717) is 4.47 Å². The number of Topliss-reactive ketones (excluding diaryl/α,β-unsaturated/α-hetero) is 1. The first-order valence-electron chi connectivity index (χ1n) is 4.11. The van der Waals surface area contributed by atoms with Gasteiger partial charge in [0, 0.05) is 10.0 Å². The number of hydrogen-bond acceptors (Lipinski definition) is 1. The Hall–Kier alpha value is -0.840. The maximum absolute atomic E-state index is 12.6. The lowest BCUT2D eigenvalue weighted by Gasteiger charge is -2.14. The van der Waals surface area contributed by atoms with Crippen LogP contribution in [0.5, 0.6) is 0 Å². The van der Waals surface area contributed by atoms with Crippen molar-refractivity contribution in [2.24, 2.45) is 0 Å². The summed E-state index contributed by atoms with van der Waals surface area (Å²) in [4.78, 5) is 11.1. The Kier molecular flexibility index (Phi) is 3.23. The summed E-state index contributed by atoms with van der Waals surface area (Å²) in [5.41, 5.74) is -1.10. The highest BCUT2D eigenvalue weighted by molar-refractivity contribution is 9.10. The number of halogens is 4. The first-order valence-corrected chi connectivity index (χ1v) is 4.91. The van der Waals surface area contributed by atoms with E-state index in [1.165, 1.54) is 19.1 Å². The Morgan fingerprint density at radius 1 is 1.33 bits per heavy atom. The maximum atomic E-state index is 12.6. The topological polar surface area (TPSA) is 17.1 Å². The smallest absolute Gasteiger partial charge is 0.294 e. The lowest BCUT2D eigenvalue weighted by molar-refractivity contribution is -0.138. The van der Waals surface area contributed by atoms with Crippen LogP contribution in [0.1, 0.15) is 28.4 Å². The SMILES string of the molecule is CC(=O)c1cc(Br)cc(C)c1C(F)(F)F.